The number of nitrogen functional groups attached to an aromatic ring is 1. The first kappa shape index (κ1) is 16.7. The van der Waals surface area contributed by atoms with E-state index in [9.17, 15) is 4.79 Å². The van der Waals surface area contributed by atoms with Crippen LogP contribution in [-0.2, 0) is 4.79 Å². The summed E-state index contributed by atoms with van der Waals surface area (Å²) in [6.45, 7) is 3.90. The molecule has 2 aromatic carbocycles. The largest absolute Gasteiger partial charge is 0.495 e. The lowest BCUT2D eigenvalue weighted by Crippen LogP contribution is -2.32. The van der Waals surface area contributed by atoms with Crippen LogP contribution in [0.5, 0.6) is 11.5 Å². The number of nitrogens with one attached hydrogen (secondary N) is 1. The summed E-state index contributed by atoms with van der Waals surface area (Å²) in [6, 6.07) is 12.7. The van der Waals surface area contributed by atoms with Gasteiger partial charge >= 0.3 is 0 Å². The molecule has 2 aromatic rings. The zero-order chi connectivity index (χ0) is 16.8. The fraction of sp³-hybridized carbons (Fsp3) is 0.278. The molecular formula is C18H22N2O3. The molecule has 5 heteroatoms. The van der Waals surface area contributed by atoms with Gasteiger partial charge in [-0.05, 0) is 43.7 Å². The Morgan fingerprint density at radius 3 is 2.52 bits per heavy atom. The first-order valence-corrected chi connectivity index (χ1v) is 7.51. The number of amides is 1. The number of aryl methyl sites for hydroxylation is 1. The van der Waals surface area contributed by atoms with Crippen LogP contribution < -0.4 is 20.5 Å². The standard InChI is InChI=1S/C18H22N2O3/c1-4-16(23-14-8-5-12(2)6-9-14)18(21)20-15-11-13(19)7-10-17(15)22-3/h5-11,16H,4,19H2,1-3H3,(H,20,21). The summed E-state index contributed by atoms with van der Waals surface area (Å²) in [6.07, 6.45) is -0.0477. The van der Waals surface area contributed by atoms with Crippen molar-refractivity contribution in [2.24, 2.45) is 0 Å². The van der Waals surface area contributed by atoms with Gasteiger partial charge in [-0.1, -0.05) is 24.6 Å². The predicted molar refractivity (Wildman–Crippen MR) is 91.9 cm³/mol. The minimum Gasteiger partial charge on any atom is -0.495 e. The van der Waals surface area contributed by atoms with Crippen molar-refractivity contribution < 1.29 is 14.3 Å². The van der Waals surface area contributed by atoms with Crippen LogP contribution in [-0.4, -0.2) is 19.1 Å². The fourth-order valence-corrected chi connectivity index (χ4v) is 2.14. The molecule has 1 atom stereocenters. The number of carbonyl (C=O) groups excluding carboxylic acids is 1. The lowest BCUT2D eigenvalue weighted by atomic mass is 10.2. The van der Waals surface area contributed by atoms with Crippen LogP contribution in [0.25, 0.3) is 0 Å². The maximum absolute atomic E-state index is 12.5. The lowest BCUT2D eigenvalue weighted by Gasteiger charge is -2.18. The number of methoxy groups -OCH3 is 1. The molecular weight excluding hydrogens is 292 g/mol. The smallest absolute Gasteiger partial charge is 0.265 e. The summed E-state index contributed by atoms with van der Waals surface area (Å²) >= 11 is 0. The minimum absolute atomic E-state index is 0.239. The third-order valence-corrected chi connectivity index (χ3v) is 3.44. The van der Waals surface area contributed by atoms with Gasteiger partial charge < -0.3 is 20.5 Å². The molecule has 5 nitrogen and oxygen atoms in total. The van der Waals surface area contributed by atoms with E-state index in [0.29, 0.717) is 29.3 Å². The summed E-state index contributed by atoms with van der Waals surface area (Å²) in [5.74, 6) is 0.979. The molecule has 2 rings (SSSR count). The van der Waals surface area contributed by atoms with Gasteiger partial charge in [0.15, 0.2) is 6.10 Å². The molecule has 0 aromatic heterocycles. The molecule has 0 radical (unpaired) electrons. The van der Waals surface area contributed by atoms with Crippen LogP contribution >= 0.6 is 0 Å². The molecule has 0 aliphatic rings. The molecule has 0 heterocycles. The molecule has 0 saturated heterocycles. The number of rotatable bonds is 6. The highest BCUT2D eigenvalue weighted by Crippen LogP contribution is 2.27. The van der Waals surface area contributed by atoms with Crippen LogP contribution in [0, 0.1) is 6.92 Å². The van der Waals surface area contributed by atoms with E-state index in [1.54, 1.807) is 25.3 Å². The van der Waals surface area contributed by atoms with Gasteiger partial charge in [0.2, 0.25) is 0 Å². The maximum atomic E-state index is 12.5. The quantitative estimate of drug-likeness (QED) is 0.802. The third kappa shape index (κ3) is 4.39. The van der Waals surface area contributed by atoms with Gasteiger partial charge in [-0.25, -0.2) is 0 Å². The van der Waals surface area contributed by atoms with Gasteiger partial charge in [-0.15, -0.1) is 0 Å². The van der Waals surface area contributed by atoms with E-state index in [1.165, 1.54) is 0 Å². The Balaban J connectivity index is 2.11. The Bertz CT molecular complexity index is 668. The number of nitrogens with two attached hydrogens (primary N) is 1. The lowest BCUT2D eigenvalue weighted by molar-refractivity contribution is -0.122. The van der Waals surface area contributed by atoms with E-state index in [-0.39, 0.29) is 5.91 Å². The van der Waals surface area contributed by atoms with Gasteiger partial charge in [0, 0.05) is 5.69 Å². The SMILES string of the molecule is CCC(Oc1ccc(C)cc1)C(=O)Nc1cc(N)ccc1OC. The van der Waals surface area contributed by atoms with Crippen LogP contribution in [0.1, 0.15) is 18.9 Å². The molecule has 3 N–H and O–H groups in total. The van der Waals surface area contributed by atoms with Gasteiger partial charge in [-0.2, -0.15) is 0 Å². The Hall–Kier alpha value is -2.69. The summed E-state index contributed by atoms with van der Waals surface area (Å²) in [4.78, 5) is 12.5. The van der Waals surface area contributed by atoms with Crippen molar-refractivity contribution in [3.8, 4) is 11.5 Å². The van der Waals surface area contributed by atoms with Crippen molar-refractivity contribution in [2.45, 2.75) is 26.4 Å². The number of carbonyl (C=O) groups is 1. The molecule has 0 fully saturated rings. The summed E-state index contributed by atoms with van der Waals surface area (Å²) in [5.41, 5.74) is 7.99. The summed E-state index contributed by atoms with van der Waals surface area (Å²) in [5, 5.41) is 2.82. The average Bonchev–Trinajstić information content (AvgIpc) is 2.54. The topological polar surface area (TPSA) is 73.6 Å². The normalized spacial score (nSPS) is 11.6. The minimum atomic E-state index is -0.594. The van der Waals surface area contributed by atoms with Crippen LogP contribution in [0.3, 0.4) is 0 Å². The summed E-state index contributed by atoms with van der Waals surface area (Å²) < 4.78 is 11.0. The van der Waals surface area contributed by atoms with Crippen molar-refractivity contribution in [2.75, 3.05) is 18.2 Å². The van der Waals surface area contributed by atoms with Gasteiger partial charge in [-0.3, -0.25) is 4.79 Å². The van der Waals surface area contributed by atoms with Crippen LogP contribution in [0.4, 0.5) is 11.4 Å². The first-order chi connectivity index (χ1) is 11.0. The van der Waals surface area contributed by atoms with Crippen molar-refractivity contribution in [1.29, 1.82) is 0 Å². The molecule has 0 saturated carbocycles. The third-order valence-electron chi connectivity index (χ3n) is 3.44. The molecule has 23 heavy (non-hydrogen) atoms. The monoisotopic (exact) mass is 314 g/mol. The Morgan fingerprint density at radius 1 is 1.22 bits per heavy atom. The number of hydrogen-bond acceptors (Lipinski definition) is 4. The molecule has 122 valence electrons. The second-order valence-corrected chi connectivity index (χ2v) is 5.28. The fourth-order valence-electron chi connectivity index (χ4n) is 2.14. The Morgan fingerprint density at radius 2 is 1.91 bits per heavy atom. The molecule has 0 bridgehead atoms. The van der Waals surface area contributed by atoms with E-state index >= 15 is 0 Å². The van der Waals surface area contributed by atoms with Crippen molar-refractivity contribution >= 4 is 17.3 Å². The Kier molecular flexibility index (Phi) is 5.46. The van der Waals surface area contributed by atoms with E-state index < -0.39 is 6.10 Å². The summed E-state index contributed by atoms with van der Waals surface area (Å²) in [7, 11) is 1.54. The number of hydrogen-bond donors (Lipinski definition) is 2. The zero-order valence-corrected chi connectivity index (χ0v) is 13.6. The maximum Gasteiger partial charge on any atom is 0.265 e. The predicted octanol–water partition coefficient (Wildman–Crippen LogP) is 3.38. The van der Waals surface area contributed by atoms with Crippen molar-refractivity contribution in [3.63, 3.8) is 0 Å². The van der Waals surface area contributed by atoms with Crippen molar-refractivity contribution in [3.05, 3.63) is 48.0 Å². The molecule has 0 aliphatic carbocycles. The van der Waals surface area contributed by atoms with Crippen molar-refractivity contribution in [1.82, 2.24) is 0 Å². The second-order valence-electron chi connectivity index (χ2n) is 5.28. The first-order valence-electron chi connectivity index (χ1n) is 7.51. The molecule has 1 unspecified atom stereocenters. The molecule has 0 aliphatic heterocycles. The van der Waals surface area contributed by atoms with Gasteiger partial charge in [0.1, 0.15) is 11.5 Å². The number of benzene rings is 2. The zero-order valence-electron chi connectivity index (χ0n) is 13.6. The van der Waals surface area contributed by atoms with E-state index in [1.807, 2.05) is 38.1 Å². The average molecular weight is 314 g/mol. The highest BCUT2D eigenvalue weighted by Gasteiger charge is 2.20. The van der Waals surface area contributed by atoms with Crippen LogP contribution in [0.2, 0.25) is 0 Å². The van der Waals surface area contributed by atoms with E-state index in [4.69, 9.17) is 15.2 Å². The van der Waals surface area contributed by atoms with E-state index in [0.717, 1.165) is 5.56 Å². The highest BCUT2D eigenvalue weighted by molar-refractivity contribution is 5.96. The second kappa shape index (κ2) is 7.54. The molecule has 0 spiro atoms. The van der Waals surface area contributed by atoms with Gasteiger partial charge in [0.05, 0.1) is 12.8 Å². The van der Waals surface area contributed by atoms with Crippen LogP contribution in [0.15, 0.2) is 42.5 Å². The van der Waals surface area contributed by atoms with Gasteiger partial charge in [0.25, 0.3) is 5.91 Å². The Labute approximate surface area is 136 Å². The number of anilines is 2. The van der Waals surface area contributed by atoms with E-state index in [2.05, 4.69) is 5.32 Å². The molecule has 1 amide bonds. The number of ether oxygens (including phenoxy) is 2. The highest BCUT2D eigenvalue weighted by atomic mass is 16.5.